The number of carbonyl (C=O) groups is 2. The van der Waals surface area contributed by atoms with E-state index in [9.17, 15) is 18.0 Å². The van der Waals surface area contributed by atoms with Crippen LogP contribution in [0.2, 0.25) is 10.0 Å². The van der Waals surface area contributed by atoms with Gasteiger partial charge < -0.3 is 14.4 Å². The first-order valence-electron chi connectivity index (χ1n) is 9.77. The molecule has 1 aliphatic rings. The summed E-state index contributed by atoms with van der Waals surface area (Å²) in [6.07, 6.45) is 1.86. The van der Waals surface area contributed by atoms with E-state index in [-0.39, 0.29) is 18.8 Å². The zero-order chi connectivity index (χ0) is 23.1. The number of esters is 1. The fourth-order valence-electron chi connectivity index (χ4n) is 3.10. The summed E-state index contributed by atoms with van der Waals surface area (Å²) in [4.78, 5) is 26.2. The molecule has 1 heterocycles. The van der Waals surface area contributed by atoms with E-state index >= 15 is 0 Å². The molecule has 2 aromatic carbocycles. The lowest BCUT2D eigenvalue weighted by atomic mass is 10.2. The Hall–Kier alpha value is -2.55. The van der Waals surface area contributed by atoms with Gasteiger partial charge in [-0.2, -0.15) is 0 Å². The van der Waals surface area contributed by atoms with Crippen molar-refractivity contribution in [2.75, 3.05) is 23.9 Å². The van der Waals surface area contributed by atoms with Crippen LogP contribution in [0, 0.1) is 0 Å². The maximum atomic E-state index is 12.8. The van der Waals surface area contributed by atoms with Gasteiger partial charge in [0.15, 0.2) is 16.4 Å². The largest absolute Gasteiger partial charge is 0.492 e. The summed E-state index contributed by atoms with van der Waals surface area (Å²) in [5, 5.41) is 1.96. The van der Waals surface area contributed by atoms with Crippen LogP contribution < -0.4 is 9.64 Å². The Morgan fingerprint density at radius 3 is 2.50 bits per heavy atom. The van der Waals surface area contributed by atoms with Gasteiger partial charge in [-0.1, -0.05) is 41.4 Å². The average Bonchev–Trinajstić information content (AvgIpc) is 3.11. The van der Waals surface area contributed by atoms with Crippen molar-refractivity contribution in [3.05, 3.63) is 70.1 Å². The maximum absolute atomic E-state index is 12.8. The van der Waals surface area contributed by atoms with Gasteiger partial charge >= 0.3 is 5.97 Å². The van der Waals surface area contributed by atoms with E-state index in [2.05, 4.69) is 0 Å². The molecule has 170 valence electrons. The minimum Gasteiger partial charge on any atom is -0.492 e. The molecule has 1 amide bonds. The summed E-state index contributed by atoms with van der Waals surface area (Å²) in [5.74, 6) is -0.837. The minimum absolute atomic E-state index is 0.0432. The van der Waals surface area contributed by atoms with E-state index in [0.29, 0.717) is 27.9 Å². The van der Waals surface area contributed by atoms with Crippen molar-refractivity contribution >= 4 is 50.6 Å². The summed E-state index contributed by atoms with van der Waals surface area (Å²) < 4.78 is 34.3. The van der Waals surface area contributed by atoms with E-state index in [4.69, 9.17) is 32.7 Å². The van der Waals surface area contributed by atoms with E-state index in [1.807, 2.05) is 0 Å². The number of nitrogens with zero attached hydrogens (tertiary/aromatic N) is 1. The van der Waals surface area contributed by atoms with E-state index in [0.717, 1.165) is 5.41 Å². The SMILES string of the molecule is O=C(CCCOc1ccc(Cl)cc1Cl)OCC(=O)N(c1ccccc1)C1C=CS(=O)(=O)C1. The number of benzene rings is 2. The summed E-state index contributed by atoms with van der Waals surface area (Å²) in [6, 6.07) is 12.8. The Morgan fingerprint density at radius 1 is 1.09 bits per heavy atom. The van der Waals surface area contributed by atoms with E-state index < -0.39 is 34.4 Å². The highest BCUT2D eigenvalue weighted by atomic mass is 35.5. The smallest absolute Gasteiger partial charge is 0.306 e. The summed E-state index contributed by atoms with van der Waals surface area (Å²) in [6.45, 7) is -0.271. The third-order valence-electron chi connectivity index (χ3n) is 4.58. The van der Waals surface area contributed by atoms with Gasteiger partial charge in [-0.3, -0.25) is 9.59 Å². The lowest BCUT2D eigenvalue weighted by Crippen LogP contribution is -2.43. The average molecular weight is 498 g/mol. The highest BCUT2D eigenvalue weighted by Gasteiger charge is 2.31. The summed E-state index contributed by atoms with van der Waals surface area (Å²) >= 11 is 11.9. The number of para-hydroxylation sites is 1. The molecule has 0 N–H and O–H groups in total. The quantitative estimate of drug-likeness (QED) is 0.383. The van der Waals surface area contributed by atoms with Crippen molar-refractivity contribution in [3.63, 3.8) is 0 Å². The summed E-state index contributed by atoms with van der Waals surface area (Å²) in [7, 11) is -3.37. The van der Waals surface area contributed by atoms with Crippen LogP contribution >= 0.6 is 23.2 Å². The Bertz CT molecular complexity index is 1100. The van der Waals surface area contributed by atoms with Gasteiger partial charge in [-0.05, 0) is 42.8 Å². The molecule has 0 radical (unpaired) electrons. The molecule has 3 rings (SSSR count). The molecular weight excluding hydrogens is 477 g/mol. The van der Waals surface area contributed by atoms with Crippen LogP contribution in [0.5, 0.6) is 5.75 Å². The molecule has 1 atom stereocenters. The number of anilines is 1. The first-order valence-corrected chi connectivity index (χ1v) is 12.2. The number of hydrogen-bond acceptors (Lipinski definition) is 6. The van der Waals surface area contributed by atoms with Crippen molar-refractivity contribution in [1.82, 2.24) is 0 Å². The molecule has 1 unspecified atom stereocenters. The third-order valence-corrected chi connectivity index (χ3v) is 6.49. The molecular formula is C22H21Cl2NO6S. The van der Waals surface area contributed by atoms with Crippen LogP contribution in [0.4, 0.5) is 5.69 Å². The number of hydrogen-bond donors (Lipinski definition) is 0. The predicted octanol–water partition coefficient (Wildman–Crippen LogP) is 4.04. The van der Waals surface area contributed by atoms with Gasteiger partial charge in [0.2, 0.25) is 0 Å². The monoisotopic (exact) mass is 497 g/mol. The van der Waals surface area contributed by atoms with Gasteiger partial charge in [-0.25, -0.2) is 8.42 Å². The Labute approximate surface area is 196 Å². The van der Waals surface area contributed by atoms with Gasteiger partial charge in [0.05, 0.1) is 23.4 Å². The number of halogens is 2. The van der Waals surface area contributed by atoms with Gasteiger partial charge in [-0.15, -0.1) is 0 Å². The molecule has 32 heavy (non-hydrogen) atoms. The van der Waals surface area contributed by atoms with Crippen LogP contribution in [0.1, 0.15) is 12.8 Å². The van der Waals surface area contributed by atoms with Gasteiger partial charge in [0.1, 0.15) is 5.75 Å². The van der Waals surface area contributed by atoms with Crippen LogP contribution in [-0.2, 0) is 24.2 Å². The first kappa shape index (κ1) is 24.1. The first-order chi connectivity index (χ1) is 15.2. The number of rotatable bonds is 9. The highest BCUT2D eigenvalue weighted by Crippen LogP contribution is 2.27. The van der Waals surface area contributed by atoms with Crippen LogP contribution in [-0.4, -0.2) is 45.3 Å². The molecule has 7 nitrogen and oxygen atoms in total. The van der Waals surface area contributed by atoms with Crippen molar-refractivity contribution in [2.24, 2.45) is 0 Å². The van der Waals surface area contributed by atoms with Crippen LogP contribution in [0.3, 0.4) is 0 Å². The third kappa shape index (κ3) is 6.72. The minimum atomic E-state index is -3.37. The fourth-order valence-corrected chi connectivity index (χ4v) is 4.84. The molecule has 0 fully saturated rings. The van der Waals surface area contributed by atoms with Crippen molar-refractivity contribution < 1.29 is 27.5 Å². The zero-order valence-electron chi connectivity index (χ0n) is 16.9. The van der Waals surface area contributed by atoms with E-state index in [1.54, 1.807) is 48.5 Å². The number of amides is 1. The fraction of sp³-hybridized carbons (Fsp3) is 0.273. The normalized spacial score (nSPS) is 16.5. The molecule has 0 bridgehead atoms. The molecule has 10 heteroatoms. The molecule has 2 aromatic rings. The van der Waals surface area contributed by atoms with Gasteiger partial charge in [0, 0.05) is 22.5 Å². The summed E-state index contributed by atoms with van der Waals surface area (Å²) in [5.41, 5.74) is 0.522. The Kier molecular flexibility index (Phi) is 8.17. The zero-order valence-corrected chi connectivity index (χ0v) is 19.3. The topological polar surface area (TPSA) is 90.0 Å². The molecule has 0 saturated carbocycles. The van der Waals surface area contributed by atoms with Crippen molar-refractivity contribution in [1.29, 1.82) is 0 Å². The lowest BCUT2D eigenvalue weighted by Gasteiger charge is -2.27. The molecule has 0 spiro atoms. The second kappa shape index (κ2) is 10.8. The standard InChI is InChI=1S/C22H21Cl2NO6S/c23-16-8-9-20(19(24)13-16)30-11-4-7-22(27)31-14-21(26)25(17-5-2-1-3-6-17)18-10-12-32(28,29)15-18/h1-3,5-6,8-10,12-13,18H,4,7,11,14-15H2. The van der Waals surface area contributed by atoms with Crippen molar-refractivity contribution in [2.45, 2.75) is 18.9 Å². The number of ether oxygens (including phenoxy) is 2. The second-order valence-corrected chi connectivity index (χ2v) is 9.79. The Balaban J connectivity index is 1.50. The highest BCUT2D eigenvalue weighted by molar-refractivity contribution is 7.94. The van der Waals surface area contributed by atoms with Crippen molar-refractivity contribution in [3.8, 4) is 5.75 Å². The van der Waals surface area contributed by atoms with E-state index in [1.165, 1.54) is 11.0 Å². The van der Waals surface area contributed by atoms with Gasteiger partial charge in [0.25, 0.3) is 5.91 Å². The predicted molar refractivity (Wildman–Crippen MR) is 123 cm³/mol. The second-order valence-electron chi connectivity index (χ2n) is 7.01. The van der Waals surface area contributed by atoms with Crippen LogP contribution in [0.15, 0.2) is 60.0 Å². The molecule has 0 aromatic heterocycles. The Morgan fingerprint density at radius 2 is 1.84 bits per heavy atom. The maximum Gasteiger partial charge on any atom is 0.306 e. The number of carbonyl (C=O) groups excluding carboxylic acids is 2. The molecule has 0 aliphatic carbocycles. The molecule has 1 aliphatic heterocycles. The molecule has 0 saturated heterocycles. The lowest BCUT2D eigenvalue weighted by molar-refractivity contribution is -0.148. The number of sulfone groups is 1. The van der Waals surface area contributed by atoms with Crippen LogP contribution in [0.25, 0.3) is 0 Å².